The van der Waals surface area contributed by atoms with Crippen LogP contribution in [0, 0.1) is 0 Å². The number of ketones is 1. The van der Waals surface area contributed by atoms with Crippen molar-refractivity contribution >= 4 is 22.5 Å². The molecule has 126 valence electrons. The minimum absolute atomic E-state index is 0.00322. The van der Waals surface area contributed by atoms with E-state index in [1.54, 1.807) is 24.3 Å². The van der Waals surface area contributed by atoms with E-state index < -0.39 is 5.97 Å². The average Bonchev–Trinajstić information content (AvgIpc) is 2.59. The minimum Gasteiger partial charge on any atom is -0.478 e. The molecule has 0 amide bonds. The van der Waals surface area contributed by atoms with Crippen LogP contribution in [0.5, 0.6) is 0 Å². The first kappa shape index (κ1) is 16.9. The second-order valence-electron chi connectivity index (χ2n) is 7.21. The van der Waals surface area contributed by atoms with Gasteiger partial charge in [-0.1, -0.05) is 69.3 Å². The van der Waals surface area contributed by atoms with Crippen molar-refractivity contribution in [2.45, 2.75) is 26.2 Å². The summed E-state index contributed by atoms with van der Waals surface area (Å²) in [4.78, 5) is 24.5. The number of hydrogen-bond acceptors (Lipinski definition) is 2. The van der Waals surface area contributed by atoms with Gasteiger partial charge >= 0.3 is 5.97 Å². The highest BCUT2D eigenvalue weighted by Gasteiger charge is 2.20. The molecule has 0 saturated carbocycles. The van der Waals surface area contributed by atoms with Gasteiger partial charge in [-0.25, -0.2) is 4.79 Å². The van der Waals surface area contributed by atoms with E-state index in [0.717, 1.165) is 16.3 Å². The smallest absolute Gasteiger partial charge is 0.336 e. The number of carboxylic acid groups (broad SMARTS) is 1. The van der Waals surface area contributed by atoms with Crippen LogP contribution in [0.1, 0.15) is 52.6 Å². The van der Waals surface area contributed by atoms with Gasteiger partial charge < -0.3 is 5.11 Å². The van der Waals surface area contributed by atoms with Gasteiger partial charge in [-0.2, -0.15) is 0 Å². The Balaban J connectivity index is 2.10. The fourth-order valence-electron chi connectivity index (χ4n) is 2.88. The van der Waals surface area contributed by atoms with Crippen LogP contribution >= 0.6 is 0 Å². The van der Waals surface area contributed by atoms with E-state index in [4.69, 9.17) is 0 Å². The molecule has 0 aromatic heterocycles. The number of carboxylic acids is 1. The highest BCUT2D eigenvalue weighted by Crippen LogP contribution is 2.25. The first-order valence-electron chi connectivity index (χ1n) is 8.19. The fourth-order valence-corrected chi connectivity index (χ4v) is 2.88. The summed E-state index contributed by atoms with van der Waals surface area (Å²) in [6, 6.07) is 18.1. The molecule has 0 saturated heterocycles. The maximum Gasteiger partial charge on any atom is 0.336 e. The summed E-state index contributed by atoms with van der Waals surface area (Å²) >= 11 is 0. The Labute approximate surface area is 146 Å². The zero-order valence-electron chi connectivity index (χ0n) is 14.5. The molecular weight excluding hydrogens is 312 g/mol. The normalized spacial score (nSPS) is 11.5. The summed E-state index contributed by atoms with van der Waals surface area (Å²) < 4.78 is 0. The standard InChI is InChI=1S/C22H20O3/c1-22(2,3)17-10-8-14(9-11-17)20(23)18-12-15-6-4-5-7-16(15)13-19(18)21(24)25/h4-13H,1-3H3,(H,24,25). The van der Waals surface area contributed by atoms with Crippen LogP contribution in [0.4, 0.5) is 0 Å². The van der Waals surface area contributed by atoms with Gasteiger partial charge in [-0.15, -0.1) is 0 Å². The van der Waals surface area contributed by atoms with Gasteiger partial charge in [0, 0.05) is 11.1 Å². The van der Waals surface area contributed by atoms with Crippen LogP contribution in [0.15, 0.2) is 60.7 Å². The Morgan fingerprint density at radius 2 is 1.32 bits per heavy atom. The minimum atomic E-state index is -1.10. The number of rotatable bonds is 3. The van der Waals surface area contributed by atoms with Crippen LogP contribution in [0.2, 0.25) is 0 Å². The fraction of sp³-hybridized carbons (Fsp3) is 0.182. The van der Waals surface area contributed by atoms with Crippen LogP contribution in [0.25, 0.3) is 10.8 Å². The second kappa shape index (κ2) is 6.17. The molecule has 1 N–H and O–H groups in total. The molecule has 0 fully saturated rings. The molecule has 3 nitrogen and oxygen atoms in total. The van der Waals surface area contributed by atoms with E-state index in [0.29, 0.717) is 5.56 Å². The largest absolute Gasteiger partial charge is 0.478 e. The predicted octanol–water partition coefficient (Wildman–Crippen LogP) is 5.07. The first-order valence-corrected chi connectivity index (χ1v) is 8.19. The van der Waals surface area contributed by atoms with E-state index in [9.17, 15) is 14.7 Å². The Hall–Kier alpha value is -2.94. The Kier molecular flexibility index (Phi) is 4.17. The van der Waals surface area contributed by atoms with Gasteiger partial charge in [0.25, 0.3) is 0 Å². The molecule has 0 heterocycles. The molecule has 25 heavy (non-hydrogen) atoms. The molecule has 3 rings (SSSR count). The summed E-state index contributed by atoms with van der Waals surface area (Å²) in [6.07, 6.45) is 0. The molecule has 0 aliphatic heterocycles. The molecule has 3 heteroatoms. The van der Waals surface area contributed by atoms with Crippen LogP contribution in [-0.4, -0.2) is 16.9 Å². The van der Waals surface area contributed by atoms with Crippen molar-refractivity contribution in [3.8, 4) is 0 Å². The Morgan fingerprint density at radius 3 is 1.80 bits per heavy atom. The predicted molar refractivity (Wildman–Crippen MR) is 99.5 cm³/mol. The van der Waals surface area contributed by atoms with E-state index in [-0.39, 0.29) is 22.3 Å². The third-order valence-corrected chi connectivity index (χ3v) is 4.37. The van der Waals surface area contributed by atoms with Crippen molar-refractivity contribution in [1.82, 2.24) is 0 Å². The highest BCUT2D eigenvalue weighted by atomic mass is 16.4. The van der Waals surface area contributed by atoms with E-state index >= 15 is 0 Å². The van der Waals surface area contributed by atoms with Gasteiger partial charge in [0.1, 0.15) is 0 Å². The lowest BCUT2D eigenvalue weighted by atomic mass is 9.86. The maximum absolute atomic E-state index is 12.9. The van der Waals surface area contributed by atoms with Gasteiger partial charge in [0.05, 0.1) is 5.56 Å². The molecule has 0 spiro atoms. The summed E-state index contributed by atoms with van der Waals surface area (Å²) in [7, 11) is 0. The summed E-state index contributed by atoms with van der Waals surface area (Å²) in [6.45, 7) is 6.32. The lowest BCUT2D eigenvalue weighted by Gasteiger charge is -2.19. The number of carbonyl (C=O) groups is 2. The molecule has 0 aliphatic rings. The van der Waals surface area contributed by atoms with Gasteiger partial charge in [-0.3, -0.25) is 4.79 Å². The van der Waals surface area contributed by atoms with E-state index in [2.05, 4.69) is 20.8 Å². The Morgan fingerprint density at radius 1 is 0.800 bits per heavy atom. The molecule has 3 aromatic carbocycles. The summed E-state index contributed by atoms with van der Waals surface area (Å²) in [5.41, 5.74) is 1.86. The van der Waals surface area contributed by atoms with Crippen LogP contribution in [0.3, 0.4) is 0 Å². The van der Waals surface area contributed by atoms with Crippen molar-refractivity contribution in [2.24, 2.45) is 0 Å². The van der Waals surface area contributed by atoms with E-state index in [1.807, 2.05) is 36.4 Å². The number of hydrogen-bond donors (Lipinski definition) is 1. The van der Waals surface area contributed by atoms with Crippen molar-refractivity contribution in [3.63, 3.8) is 0 Å². The lowest BCUT2D eigenvalue weighted by molar-refractivity contribution is 0.0693. The molecule has 0 aliphatic carbocycles. The number of aromatic carboxylic acids is 1. The molecule has 0 radical (unpaired) electrons. The van der Waals surface area contributed by atoms with Gasteiger partial charge in [0.2, 0.25) is 0 Å². The Bertz CT molecular complexity index is 961. The van der Waals surface area contributed by atoms with Crippen molar-refractivity contribution in [3.05, 3.63) is 82.9 Å². The second-order valence-corrected chi connectivity index (χ2v) is 7.21. The maximum atomic E-state index is 12.9. The first-order chi connectivity index (χ1) is 11.8. The quantitative estimate of drug-likeness (QED) is 0.682. The van der Waals surface area contributed by atoms with Crippen molar-refractivity contribution in [2.75, 3.05) is 0 Å². The third-order valence-electron chi connectivity index (χ3n) is 4.37. The lowest BCUT2D eigenvalue weighted by Crippen LogP contribution is -2.13. The third kappa shape index (κ3) is 3.31. The SMILES string of the molecule is CC(C)(C)c1ccc(C(=O)c2cc3ccccc3cc2C(=O)O)cc1. The average molecular weight is 332 g/mol. The molecule has 0 bridgehead atoms. The van der Waals surface area contributed by atoms with E-state index in [1.165, 1.54) is 0 Å². The van der Waals surface area contributed by atoms with Crippen molar-refractivity contribution in [1.29, 1.82) is 0 Å². The van der Waals surface area contributed by atoms with Crippen LogP contribution < -0.4 is 0 Å². The topological polar surface area (TPSA) is 54.4 Å². The zero-order chi connectivity index (χ0) is 18.2. The van der Waals surface area contributed by atoms with Crippen molar-refractivity contribution < 1.29 is 14.7 Å². The molecule has 3 aromatic rings. The zero-order valence-corrected chi connectivity index (χ0v) is 14.5. The van der Waals surface area contributed by atoms with Gasteiger partial charge in [-0.05, 0) is 33.9 Å². The summed E-state index contributed by atoms with van der Waals surface area (Å²) in [5.74, 6) is -1.37. The summed E-state index contributed by atoms with van der Waals surface area (Å²) in [5, 5.41) is 11.2. The monoisotopic (exact) mass is 332 g/mol. The number of benzene rings is 3. The van der Waals surface area contributed by atoms with Gasteiger partial charge in [0.15, 0.2) is 5.78 Å². The number of carbonyl (C=O) groups excluding carboxylic acids is 1. The highest BCUT2D eigenvalue weighted by molar-refractivity contribution is 6.16. The molecule has 0 atom stereocenters. The number of fused-ring (bicyclic) bond motifs is 1. The molecule has 0 unspecified atom stereocenters. The van der Waals surface area contributed by atoms with Crippen LogP contribution in [-0.2, 0) is 5.41 Å². The molecular formula is C22H20O3.